The van der Waals surface area contributed by atoms with Gasteiger partial charge in [-0.25, -0.2) is 8.78 Å². The summed E-state index contributed by atoms with van der Waals surface area (Å²) in [6, 6.07) is 3.77. The predicted octanol–water partition coefficient (Wildman–Crippen LogP) is 3.96. The van der Waals surface area contributed by atoms with Crippen molar-refractivity contribution in [2.75, 3.05) is 0 Å². The van der Waals surface area contributed by atoms with Crippen molar-refractivity contribution in [1.29, 1.82) is 0 Å². The first-order valence-corrected chi connectivity index (χ1v) is 5.22. The molecule has 80 valence electrons. The molecule has 0 aliphatic heterocycles. The number of thiophene rings is 1. The normalized spacial score (nSPS) is 11.3. The van der Waals surface area contributed by atoms with Crippen molar-refractivity contribution in [2.24, 2.45) is 0 Å². The average Bonchev–Trinajstić information content (AvgIpc) is 2.71. The van der Waals surface area contributed by atoms with Crippen LogP contribution >= 0.6 is 11.3 Å². The predicted molar refractivity (Wildman–Crippen MR) is 54.2 cm³/mol. The first-order chi connectivity index (χ1) is 7.09. The number of hydrogen-bond donors (Lipinski definition) is 0. The molecule has 0 spiro atoms. The smallest absolute Gasteiger partial charge is 0.284 e. The van der Waals surface area contributed by atoms with Crippen LogP contribution in [0.2, 0.25) is 0 Å². The van der Waals surface area contributed by atoms with E-state index in [-0.39, 0.29) is 5.69 Å². The number of alkyl halides is 2. The molecule has 2 heterocycles. The lowest BCUT2D eigenvalue weighted by molar-refractivity contribution is 0.140. The number of rotatable bonds is 2. The third-order valence-corrected chi connectivity index (χ3v) is 3.13. The van der Waals surface area contributed by atoms with Crippen LogP contribution in [0.3, 0.4) is 0 Å². The van der Waals surface area contributed by atoms with Crippen molar-refractivity contribution in [3.63, 3.8) is 0 Å². The quantitative estimate of drug-likeness (QED) is 0.779. The van der Waals surface area contributed by atoms with E-state index in [1.165, 1.54) is 11.3 Å². The van der Waals surface area contributed by atoms with Gasteiger partial charge in [0.25, 0.3) is 6.43 Å². The Labute approximate surface area is 89.5 Å². The maximum absolute atomic E-state index is 12.4. The molecule has 0 N–H and O–H groups in total. The fourth-order valence-corrected chi connectivity index (χ4v) is 2.24. The Kier molecular flexibility index (Phi) is 2.56. The standard InChI is InChI=1S/C10H9F2NOS/c1-5-3-4-7(15-5)9-6(2)8(10(11)12)13-14-9/h3-4,10H,1-2H3. The van der Waals surface area contributed by atoms with E-state index in [0.29, 0.717) is 11.3 Å². The Bertz CT molecular complexity index is 475. The number of hydrogen-bond acceptors (Lipinski definition) is 3. The van der Waals surface area contributed by atoms with Gasteiger partial charge in [-0.05, 0) is 26.0 Å². The summed E-state index contributed by atoms with van der Waals surface area (Å²) in [6.45, 7) is 3.55. The molecule has 0 saturated carbocycles. The lowest BCUT2D eigenvalue weighted by Gasteiger charge is -1.93. The zero-order chi connectivity index (χ0) is 11.0. The number of aromatic nitrogens is 1. The minimum Gasteiger partial charge on any atom is -0.355 e. The zero-order valence-corrected chi connectivity index (χ0v) is 9.07. The molecule has 0 amide bonds. The van der Waals surface area contributed by atoms with Crippen molar-refractivity contribution in [3.8, 4) is 10.6 Å². The molecule has 0 unspecified atom stereocenters. The van der Waals surface area contributed by atoms with E-state index < -0.39 is 6.43 Å². The van der Waals surface area contributed by atoms with Crippen LogP contribution in [-0.4, -0.2) is 5.16 Å². The fraction of sp³-hybridized carbons (Fsp3) is 0.300. The molecule has 2 rings (SSSR count). The lowest BCUT2D eigenvalue weighted by atomic mass is 10.2. The largest absolute Gasteiger partial charge is 0.355 e. The summed E-state index contributed by atoms with van der Waals surface area (Å²) >= 11 is 1.50. The number of halogens is 2. The maximum atomic E-state index is 12.4. The highest BCUT2D eigenvalue weighted by Gasteiger charge is 2.21. The van der Waals surface area contributed by atoms with Crippen LogP contribution < -0.4 is 0 Å². The molecular weight excluding hydrogens is 220 g/mol. The topological polar surface area (TPSA) is 26.0 Å². The third-order valence-electron chi connectivity index (χ3n) is 2.13. The van der Waals surface area contributed by atoms with Gasteiger partial charge in [-0.15, -0.1) is 11.3 Å². The van der Waals surface area contributed by atoms with Gasteiger partial charge in [0.2, 0.25) is 0 Å². The van der Waals surface area contributed by atoms with Crippen LogP contribution in [0, 0.1) is 13.8 Å². The van der Waals surface area contributed by atoms with Gasteiger partial charge in [0, 0.05) is 10.4 Å². The second-order valence-corrected chi connectivity index (χ2v) is 4.52. The van der Waals surface area contributed by atoms with Crippen LogP contribution in [0.4, 0.5) is 8.78 Å². The van der Waals surface area contributed by atoms with Crippen molar-refractivity contribution >= 4 is 11.3 Å². The van der Waals surface area contributed by atoms with Crippen LogP contribution in [0.5, 0.6) is 0 Å². The summed E-state index contributed by atoms with van der Waals surface area (Å²) in [5.41, 5.74) is 0.155. The Morgan fingerprint density at radius 3 is 2.53 bits per heavy atom. The average molecular weight is 229 g/mol. The molecular formula is C10H9F2NOS. The fourth-order valence-electron chi connectivity index (χ4n) is 1.34. The van der Waals surface area contributed by atoms with Crippen molar-refractivity contribution < 1.29 is 13.3 Å². The molecule has 0 fully saturated rings. The first-order valence-electron chi connectivity index (χ1n) is 4.40. The van der Waals surface area contributed by atoms with Gasteiger partial charge in [-0.2, -0.15) is 0 Å². The Morgan fingerprint density at radius 2 is 2.07 bits per heavy atom. The Hall–Kier alpha value is -1.23. The second kappa shape index (κ2) is 3.73. The number of aryl methyl sites for hydroxylation is 1. The molecule has 0 radical (unpaired) electrons. The number of nitrogens with zero attached hydrogens (tertiary/aromatic N) is 1. The maximum Gasteiger partial charge on any atom is 0.284 e. The minimum absolute atomic E-state index is 0.268. The van der Waals surface area contributed by atoms with Gasteiger partial charge < -0.3 is 4.52 Å². The highest BCUT2D eigenvalue weighted by Crippen LogP contribution is 2.34. The monoisotopic (exact) mass is 229 g/mol. The van der Waals surface area contributed by atoms with E-state index in [0.717, 1.165) is 9.75 Å². The highest BCUT2D eigenvalue weighted by atomic mass is 32.1. The molecule has 2 aromatic rings. The van der Waals surface area contributed by atoms with Gasteiger partial charge in [-0.1, -0.05) is 5.16 Å². The third kappa shape index (κ3) is 1.79. The van der Waals surface area contributed by atoms with E-state index in [1.807, 2.05) is 19.1 Å². The Balaban J connectivity index is 2.46. The summed E-state index contributed by atoms with van der Waals surface area (Å²) in [7, 11) is 0. The molecule has 0 saturated heterocycles. The van der Waals surface area contributed by atoms with E-state index in [1.54, 1.807) is 6.92 Å². The zero-order valence-electron chi connectivity index (χ0n) is 8.25. The second-order valence-electron chi connectivity index (χ2n) is 3.23. The Morgan fingerprint density at radius 1 is 1.33 bits per heavy atom. The van der Waals surface area contributed by atoms with Crippen LogP contribution in [0.15, 0.2) is 16.7 Å². The molecule has 2 nitrogen and oxygen atoms in total. The van der Waals surface area contributed by atoms with Crippen molar-refractivity contribution in [1.82, 2.24) is 5.16 Å². The van der Waals surface area contributed by atoms with Crippen molar-refractivity contribution in [3.05, 3.63) is 28.3 Å². The van der Waals surface area contributed by atoms with Crippen LogP contribution in [-0.2, 0) is 0 Å². The SMILES string of the molecule is Cc1ccc(-c2onc(C(F)F)c2C)s1. The van der Waals surface area contributed by atoms with E-state index in [2.05, 4.69) is 5.16 Å². The molecule has 0 aliphatic carbocycles. The summed E-state index contributed by atoms with van der Waals surface area (Å²) in [4.78, 5) is 1.95. The van der Waals surface area contributed by atoms with Crippen molar-refractivity contribution in [2.45, 2.75) is 20.3 Å². The molecule has 0 bridgehead atoms. The molecule has 2 aromatic heterocycles. The lowest BCUT2D eigenvalue weighted by Crippen LogP contribution is -1.86. The molecule has 0 aromatic carbocycles. The van der Waals surface area contributed by atoms with E-state index in [9.17, 15) is 8.78 Å². The molecule has 0 aliphatic rings. The van der Waals surface area contributed by atoms with Gasteiger partial charge in [0.1, 0.15) is 0 Å². The first kappa shape index (κ1) is 10.3. The highest BCUT2D eigenvalue weighted by molar-refractivity contribution is 7.15. The summed E-state index contributed by atoms with van der Waals surface area (Å²) in [5.74, 6) is 0.448. The van der Waals surface area contributed by atoms with Gasteiger partial charge >= 0.3 is 0 Å². The van der Waals surface area contributed by atoms with Gasteiger partial charge in [0.05, 0.1) is 4.88 Å². The van der Waals surface area contributed by atoms with Crippen LogP contribution in [0.1, 0.15) is 22.6 Å². The minimum atomic E-state index is -2.58. The van der Waals surface area contributed by atoms with Gasteiger partial charge in [-0.3, -0.25) is 0 Å². The summed E-state index contributed by atoms with van der Waals surface area (Å²) in [6.07, 6.45) is -2.58. The van der Waals surface area contributed by atoms with Crippen LogP contribution in [0.25, 0.3) is 10.6 Å². The summed E-state index contributed by atoms with van der Waals surface area (Å²) < 4.78 is 29.8. The van der Waals surface area contributed by atoms with E-state index in [4.69, 9.17) is 4.52 Å². The molecule has 15 heavy (non-hydrogen) atoms. The van der Waals surface area contributed by atoms with Gasteiger partial charge in [0.15, 0.2) is 11.5 Å². The van der Waals surface area contributed by atoms with E-state index >= 15 is 0 Å². The molecule has 0 atom stereocenters. The summed E-state index contributed by atoms with van der Waals surface area (Å²) in [5, 5.41) is 3.38. The molecule has 5 heteroatoms.